The van der Waals surface area contributed by atoms with Gasteiger partial charge in [0.15, 0.2) is 5.78 Å². The second-order valence-corrected chi connectivity index (χ2v) is 6.06. The summed E-state index contributed by atoms with van der Waals surface area (Å²) in [5.74, 6) is 0.697. The summed E-state index contributed by atoms with van der Waals surface area (Å²) in [4.78, 5) is 25.5. The zero-order valence-electron chi connectivity index (χ0n) is 12.2. The van der Waals surface area contributed by atoms with Gasteiger partial charge < -0.3 is 4.74 Å². The molecule has 0 aromatic rings. The molecule has 0 radical (unpaired) electrons. The van der Waals surface area contributed by atoms with Crippen LogP contribution in [0.5, 0.6) is 0 Å². The highest BCUT2D eigenvalue weighted by molar-refractivity contribution is 5.87. The normalized spacial score (nSPS) is 17.2. The molecule has 0 N–H and O–H groups in total. The first-order valence-corrected chi connectivity index (χ1v) is 6.77. The number of nitrogens with zero attached hydrogens (tertiary/aromatic N) is 1. The van der Waals surface area contributed by atoms with Crippen molar-refractivity contribution in [3.05, 3.63) is 0 Å². The summed E-state index contributed by atoms with van der Waals surface area (Å²) in [6, 6.07) is -0.384. The van der Waals surface area contributed by atoms with Crippen LogP contribution in [0, 0.1) is 5.92 Å². The highest BCUT2D eigenvalue weighted by atomic mass is 16.6. The van der Waals surface area contributed by atoms with Gasteiger partial charge in [-0.15, -0.1) is 0 Å². The molecule has 4 heteroatoms. The number of ether oxygens (including phenoxy) is 1. The molecule has 18 heavy (non-hydrogen) atoms. The number of likely N-dealkylation sites (N-methyl/N-ethyl adjacent to an activating group) is 1. The number of carbonyl (C=O) groups is 2. The van der Waals surface area contributed by atoms with Crippen LogP contribution in [0.15, 0.2) is 0 Å². The number of hydrogen-bond acceptors (Lipinski definition) is 3. The summed E-state index contributed by atoms with van der Waals surface area (Å²) < 4.78 is 5.32. The minimum absolute atomic E-state index is 0.144. The highest BCUT2D eigenvalue weighted by Crippen LogP contribution is 2.33. The molecule has 1 aliphatic carbocycles. The first kappa shape index (κ1) is 15.0. The molecule has 0 spiro atoms. The van der Waals surface area contributed by atoms with E-state index in [1.165, 1.54) is 4.90 Å². The van der Waals surface area contributed by atoms with Crippen molar-refractivity contribution in [2.24, 2.45) is 5.92 Å². The molecule has 1 atom stereocenters. The summed E-state index contributed by atoms with van der Waals surface area (Å²) >= 11 is 0. The van der Waals surface area contributed by atoms with E-state index in [-0.39, 0.29) is 11.8 Å². The lowest BCUT2D eigenvalue weighted by Crippen LogP contribution is -2.45. The van der Waals surface area contributed by atoms with Gasteiger partial charge in [-0.1, -0.05) is 0 Å². The zero-order chi connectivity index (χ0) is 13.9. The second-order valence-electron chi connectivity index (χ2n) is 6.06. The Kier molecular flexibility index (Phi) is 4.77. The fourth-order valence-corrected chi connectivity index (χ4v) is 1.83. The van der Waals surface area contributed by atoms with Gasteiger partial charge in [0.2, 0.25) is 0 Å². The van der Waals surface area contributed by atoms with Gasteiger partial charge in [0.1, 0.15) is 5.60 Å². The summed E-state index contributed by atoms with van der Waals surface area (Å²) in [5, 5.41) is 0. The van der Waals surface area contributed by atoms with E-state index in [0.717, 1.165) is 12.8 Å². The van der Waals surface area contributed by atoms with Gasteiger partial charge in [0.05, 0.1) is 6.04 Å². The van der Waals surface area contributed by atoms with Crippen LogP contribution in [0.4, 0.5) is 4.79 Å². The van der Waals surface area contributed by atoms with E-state index in [4.69, 9.17) is 4.74 Å². The molecular formula is C14H25NO3. The fourth-order valence-electron chi connectivity index (χ4n) is 1.83. The van der Waals surface area contributed by atoms with Gasteiger partial charge in [-0.05, 0) is 53.4 Å². The molecule has 0 heterocycles. The first-order valence-electron chi connectivity index (χ1n) is 6.77. The van der Waals surface area contributed by atoms with E-state index in [9.17, 15) is 9.59 Å². The average Bonchev–Trinajstić information content (AvgIpc) is 2.99. The Morgan fingerprint density at radius 1 is 1.33 bits per heavy atom. The Labute approximate surface area is 110 Å². The summed E-state index contributed by atoms with van der Waals surface area (Å²) in [6.45, 7) is 9.63. The van der Waals surface area contributed by atoms with Gasteiger partial charge in [-0.3, -0.25) is 9.69 Å². The number of Topliss-reactive ketones (excluding diaryl/α,β-unsaturated/α-hetero) is 1. The Hall–Kier alpha value is -1.06. The lowest BCUT2D eigenvalue weighted by Gasteiger charge is -2.30. The molecule has 4 nitrogen and oxygen atoms in total. The van der Waals surface area contributed by atoms with Crippen LogP contribution in [0.1, 0.15) is 53.9 Å². The lowest BCUT2D eigenvalue weighted by molar-refractivity contribution is -0.124. The van der Waals surface area contributed by atoms with E-state index in [2.05, 4.69) is 0 Å². The zero-order valence-corrected chi connectivity index (χ0v) is 12.2. The van der Waals surface area contributed by atoms with Crippen molar-refractivity contribution in [2.75, 3.05) is 6.54 Å². The van der Waals surface area contributed by atoms with Gasteiger partial charge >= 0.3 is 6.09 Å². The third-order valence-corrected chi connectivity index (χ3v) is 3.09. The predicted octanol–water partition coefficient (Wildman–Crippen LogP) is 3.00. The molecule has 0 aliphatic heterocycles. The first-order chi connectivity index (χ1) is 8.24. The molecule has 1 rings (SSSR count). The molecule has 1 saturated carbocycles. The standard InChI is InChI=1S/C14H25NO3/c1-6-15(13(17)18-14(3,4)5)10(2)12(16)9-11-7-8-11/h10-11H,6-9H2,1-5H3. The van der Waals surface area contributed by atoms with Crippen LogP contribution in [0.3, 0.4) is 0 Å². The van der Waals surface area contributed by atoms with Crippen molar-refractivity contribution in [3.8, 4) is 0 Å². The van der Waals surface area contributed by atoms with Crippen molar-refractivity contribution in [3.63, 3.8) is 0 Å². The van der Waals surface area contributed by atoms with Gasteiger partial charge in [-0.25, -0.2) is 4.79 Å². The summed E-state index contributed by atoms with van der Waals surface area (Å²) in [6.07, 6.45) is 2.50. The maximum atomic E-state index is 12.0. The topological polar surface area (TPSA) is 46.6 Å². The number of hydrogen-bond donors (Lipinski definition) is 0. The maximum absolute atomic E-state index is 12.0. The molecule has 1 amide bonds. The quantitative estimate of drug-likeness (QED) is 0.758. The van der Waals surface area contributed by atoms with Crippen LogP contribution >= 0.6 is 0 Å². The van der Waals surface area contributed by atoms with Crippen LogP contribution in [-0.2, 0) is 9.53 Å². The Balaban J connectivity index is 2.57. The van der Waals surface area contributed by atoms with Crippen molar-refractivity contribution in [1.29, 1.82) is 0 Å². The number of ketones is 1. The van der Waals surface area contributed by atoms with E-state index in [0.29, 0.717) is 18.9 Å². The third kappa shape index (κ3) is 4.67. The van der Waals surface area contributed by atoms with Crippen LogP contribution < -0.4 is 0 Å². The molecule has 1 aliphatic rings. The van der Waals surface area contributed by atoms with Gasteiger partial charge in [0.25, 0.3) is 0 Å². The van der Waals surface area contributed by atoms with Crippen molar-refractivity contribution >= 4 is 11.9 Å². The Morgan fingerprint density at radius 3 is 2.28 bits per heavy atom. The number of carbonyl (C=O) groups excluding carboxylic acids is 2. The summed E-state index contributed by atoms with van der Waals surface area (Å²) in [5.41, 5.74) is -0.524. The van der Waals surface area contributed by atoms with Gasteiger partial charge in [0, 0.05) is 13.0 Å². The predicted molar refractivity (Wildman–Crippen MR) is 70.4 cm³/mol. The number of amides is 1. The van der Waals surface area contributed by atoms with Crippen molar-refractivity contribution in [1.82, 2.24) is 4.90 Å². The SMILES string of the molecule is CCN(C(=O)OC(C)(C)C)C(C)C(=O)CC1CC1. The lowest BCUT2D eigenvalue weighted by atomic mass is 10.1. The third-order valence-electron chi connectivity index (χ3n) is 3.09. The summed E-state index contributed by atoms with van der Waals surface area (Å²) in [7, 11) is 0. The minimum atomic E-state index is -0.524. The van der Waals surface area contributed by atoms with Crippen LogP contribution in [-0.4, -0.2) is 35.0 Å². The highest BCUT2D eigenvalue weighted by Gasteiger charge is 2.32. The molecular weight excluding hydrogens is 230 g/mol. The fraction of sp³-hybridized carbons (Fsp3) is 0.857. The molecule has 1 fully saturated rings. The van der Waals surface area contributed by atoms with Crippen LogP contribution in [0.25, 0.3) is 0 Å². The van der Waals surface area contributed by atoms with Crippen LogP contribution in [0.2, 0.25) is 0 Å². The number of rotatable bonds is 5. The van der Waals surface area contributed by atoms with Crippen molar-refractivity contribution < 1.29 is 14.3 Å². The monoisotopic (exact) mass is 255 g/mol. The average molecular weight is 255 g/mol. The maximum Gasteiger partial charge on any atom is 0.410 e. The molecule has 104 valence electrons. The molecule has 1 unspecified atom stereocenters. The second kappa shape index (κ2) is 5.72. The van der Waals surface area contributed by atoms with E-state index in [1.807, 2.05) is 27.7 Å². The van der Waals surface area contributed by atoms with E-state index < -0.39 is 11.7 Å². The van der Waals surface area contributed by atoms with E-state index >= 15 is 0 Å². The largest absolute Gasteiger partial charge is 0.444 e. The molecule has 0 aromatic carbocycles. The van der Waals surface area contributed by atoms with Gasteiger partial charge in [-0.2, -0.15) is 0 Å². The molecule has 0 aromatic heterocycles. The van der Waals surface area contributed by atoms with Crippen molar-refractivity contribution in [2.45, 2.75) is 65.5 Å². The molecule has 0 bridgehead atoms. The smallest absolute Gasteiger partial charge is 0.410 e. The molecule has 0 saturated heterocycles. The Bertz CT molecular complexity index is 315. The minimum Gasteiger partial charge on any atom is -0.444 e. The van der Waals surface area contributed by atoms with E-state index in [1.54, 1.807) is 6.92 Å². The Morgan fingerprint density at radius 2 is 1.89 bits per heavy atom.